The van der Waals surface area contributed by atoms with E-state index in [-0.39, 0.29) is 11.8 Å². The van der Waals surface area contributed by atoms with Gasteiger partial charge in [-0.1, -0.05) is 35.7 Å². The Kier molecular flexibility index (Phi) is 4.56. The molecular formula is C25H25N5O2. The van der Waals surface area contributed by atoms with Crippen LogP contribution in [0, 0.1) is 6.92 Å². The van der Waals surface area contributed by atoms with Gasteiger partial charge in [0.1, 0.15) is 0 Å². The second-order valence-corrected chi connectivity index (χ2v) is 8.99. The zero-order chi connectivity index (χ0) is 21.7. The van der Waals surface area contributed by atoms with Crippen LogP contribution >= 0.6 is 0 Å². The summed E-state index contributed by atoms with van der Waals surface area (Å²) in [7, 11) is 0. The van der Waals surface area contributed by atoms with E-state index in [0.717, 1.165) is 22.3 Å². The van der Waals surface area contributed by atoms with Crippen molar-refractivity contribution < 1.29 is 9.32 Å². The molecule has 7 nitrogen and oxygen atoms in total. The van der Waals surface area contributed by atoms with E-state index in [1.807, 2.05) is 49.6 Å². The van der Waals surface area contributed by atoms with Crippen LogP contribution in [0.2, 0.25) is 0 Å². The number of aromatic nitrogens is 4. The van der Waals surface area contributed by atoms with Crippen LogP contribution in [0.25, 0.3) is 22.4 Å². The Bertz CT molecular complexity index is 1280. The molecule has 32 heavy (non-hydrogen) atoms. The summed E-state index contributed by atoms with van der Waals surface area (Å²) in [5.41, 5.74) is 5.06. The second-order valence-electron chi connectivity index (χ2n) is 8.99. The minimum absolute atomic E-state index is 0.0810. The van der Waals surface area contributed by atoms with Gasteiger partial charge in [-0.25, -0.2) is 4.98 Å². The monoisotopic (exact) mass is 427 g/mol. The Morgan fingerprint density at radius 2 is 1.88 bits per heavy atom. The molecule has 1 saturated carbocycles. The van der Waals surface area contributed by atoms with Crippen LogP contribution in [0.15, 0.2) is 53.3 Å². The fourth-order valence-corrected chi connectivity index (χ4v) is 5.01. The lowest BCUT2D eigenvalue weighted by atomic mass is 10.1. The van der Waals surface area contributed by atoms with Crippen LogP contribution in [0.3, 0.4) is 0 Å². The number of amides is 1. The largest absolute Gasteiger partial charge is 0.339 e. The van der Waals surface area contributed by atoms with Gasteiger partial charge in [0, 0.05) is 30.3 Å². The van der Waals surface area contributed by atoms with Gasteiger partial charge < -0.3 is 14.0 Å². The van der Waals surface area contributed by atoms with Crippen LogP contribution in [0.1, 0.15) is 55.5 Å². The third-order valence-corrected chi connectivity index (χ3v) is 6.81. The summed E-state index contributed by atoms with van der Waals surface area (Å²) in [6.07, 6.45) is 7.36. The van der Waals surface area contributed by atoms with Crippen molar-refractivity contribution in [3.8, 4) is 11.4 Å². The molecule has 2 aromatic carbocycles. The lowest BCUT2D eigenvalue weighted by molar-refractivity contribution is -0.117. The fourth-order valence-electron chi connectivity index (χ4n) is 5.01. The lowest BCUT2D eigenvalue weighted by Crippen LogP contribution is -2.24. The summed E-state index contributed by atoms with van der Waals surface area (Å²) in [6.45, 7) is 2.59. The highest BCUT2D eigenvalue weighted by Gasteiger charge is 2.35. The molecule has 0 bridgehead atoms. The molecule has 2 aromatic heterocycles. The quantitative estimate of drug-likeness (QED) is 0.456. The average molecular weight is 428 g/mol. The molecule has 1 aliphatic carbocycles. The normalized spacial score (nSPS) is 19.5. The second kappa shape index (κ2) is 7.58. The summed E-state index contributed by atoms with van der Waals surface area (Å²) in [5.74, 6) is 1.03. The van der Waals surface area contributed by atoms with E-state index in [4.69, 9.17) is 4.52 Å². The third-order valence-electron chi connectivity index (χ3n) is 6.81. The molecular weight excluding hydrogens is 402 g/mol. The standard InChI is InChI=1S/C25H25N5O2/c1-16-6-9-20(10-7-16)29-14-18(13-23(29)31)25-27-24(28-32-25)17-8-11-22-21(12-17)26-15-30(22)19-4-2-3-5-19/h6-12,15,18-19H,2-5,13-14H2,1H3/t18-/m0/s1. The molecule has 1 amide bonds. The lowest BCUT2D eigenvalue weighted by Gasteiger charge is -2.16. The summed E-state index contributed by atoms with van der Waals surface area (Å²) in [5, 5.41) is 4.21. The third kappa shape index (κ3) is 3.28. The minimum Gasteiger partial charge on any atom is -0.339 e. The van der Waals surface area contributed by atoms with Gasteiger partial charge in [-0.2, -0.15) is 4.98 Å². The number of aryl methyl sites for hydroxylation is 1. The van der Waals surface area contributed by atoms with E-state index in [9.17, 15) is 4.79 Å². The maximum Gasteiger partial charge on any atom is 0.232 e. The van der Waals surface area contributed by atoms with Crippen LogP contribution in [-0.2, 0) is 4.79 Å². The number of anilines is 1. The van der Waals surface area contributed by atoms with E-state index in [1.54, 1.807) is 4.90 Å². The van der Waals surface area contributed by atoms with E-state index in [0.29, 0.717) is 30.7 Å². The molecule has 162 valence electrons. The molecule has 0 spiro atoms. The van der Waals surface area contributed by atoms with Crippen molar-refractivity contribution in [1.82, 2.24) is 19.7 Å². The maximum atomic E-state index is 12.6. The first-order chi connectivity index (χ1) is 15.7. The summed E-state index contributed by atoms with van der Waals surface area (Å²) in [4.78, 5) is 23.7. The summed E-state index contributed by atoms with van der Waals surface area (Å²) in [6, 6.07) is 14.7. The van der Waals surface area contributed by atoms with Crippen molar-refractivity contribution in [3.63, 3.8) is 0 Å². The first kappa shape index (κ1) is 19.2. The molecule has 1 atom stereocenters. The number of rotatable bonds is 4. The highest BCUT2D eigenvalue weighted by molar-refractivity contribution is 5.96. The number of imidazole rings is 1. The van der Waals surface area contributed by atoms with Gasteiger partial charge in [-0.05, 0) is 50.1 Å². The Morgan fingerprint density at radius 3 is 2.69 bits per heavy atom. The molecule has 4 aromatic rings. The molecule has 2 aliphatic rings. The van der Waals surface area contributed by atoms with E-state index < -0.39 is 0 Å². The molecule has 0 N–H and O–H groups in total. The Hall–Kier alpha value is -3.48. The highest BCUT2D eigenvalue weighted by atomic mass is 16.5. The van der Waals surface area contributed by atoms with Gasteiger partial charge in [0.15, 0.2) is 0 Å². The number of carbonyl (C=O) groups excluding carboxylic acids is 1. The number of fused-ring (bicyclic) bond motifs is 1. The van der Waals surface area contributed by atoms with Gasteiger partial charge in [-0.3, -0.25) is 4.79 Å². The van der Waals surface area contributed by atoms with Crippen LogP contribution in [0.5, 0.6) is 0 Å². The van der Waals surface area contributed by atoms with Gasteiger partial charge in [0.25, 0.3) is 0 Å². The fraction of sp³-hybridized carbons (Fsp3) is 0.360. The van der Waals surface area contributed by atoms with Crippen LogP contribution in [-0.4, -0.2) is 32.1 Å². The number of hydrogen-bond donors (Lipinski definition) is 0. The molecule has 0 radical (unpaired) electrons. The van der Waals surface area contributed by atoms with E-state index in [2.05, 4.69) is 25.8 Å². The SMILES string of the molecule is Cc1ccc(N2C[C@@H](c3nc(-c4ccc5c(c4)ncn5C4CCCC4)no3)CC2=O)cc1. The predicted octanol–water partition coefficient (Wildman–Crippen LogP) is 5.03. The van der Waals surface area contributed by atoms with Crippen LogP contribution in [0.4, 0.5) is 5.69 Å². The zero-order valence-electron chi connectivity index (χ0n) is 18.1. The number of hydrogen-bond acceptors (Lipinski definition) is 5. The highest BCUT2D eigenvalue weighted by Crippen LogP contribution is 2.34. The van der Waals surface area contributed by atoms with Gasteiger partial charge in [0.2, 0.25) is 17.6 Å². The number of nitrogens with zero attached hydrogens (tertiary/aromatic N) is 5. The zero-order valence-corrected chi connectivity index (χ0v) is 18.1. The van der Waals surface area contributed by atoms with Crippen molar-refractivity contribution >= 4 is 22.6 Å². The predicted molar refractivity (Wildman–Crippen MR) is 121 cm³/mol. The molecule has 1 saturated heterocycles. The molecule has 6 rings (SSSR count). The average Bonchev–Trinajstić information content (AvgIpc) is 3.59. The Labute approximate surface area is 186 Å². The Morgan fingerprint density at radius 1 is 1.06 bits per heavy atom. The molecule has 2 fully saturated rings. The smallest absolute Gasteiger partial charge is 0.232 e. The Balaban J connectivity index is 1.23. The number of carbonyl (C=O) groups is 1. The van der Waals surface area contributed by atoms with Crippen molar-refractivity contribution in [2.45, 2.75) is 51.0 Å². The first-order valence-corrected chi connectivity index (χ1v) is 11.3. The van der Waals surface area contributed by atoms with Crippen molar-refractivity contribution in [2.75, 3.05) is 11.4 Å². The summed E-state index contributed by atoms with van der Waals surface area (Å²) < 4.78 is 7.89. The number of benzene rings is 2. The van der Waals surface area contributed by atoms with E-state index in [1.165, 1.54) is 31.2 Å². The van der Waals surface area contributed by atoms with Gasteiger partial charge in [-0.15, -0.1) is 0 Å². The molecule has 3 heterocycles. The molecule has 7 heteroatoms. The molecule has 0 unspecified atom stereocenters. The van der Waals surface area contributed by atoms with Gasteiger partial charge >= 0.3 is 0 Å². The van der Waals surface area contributed by atoms with Gasteiger partial charge in [0.05, 0.1) is 23.3 Å². The van der Waals surface area contributed by atoms with Crippen molar-refractivity contribution in [1.29, 1.82) is 0 Å². The maximum absolute atomic E-state index is 12.6. The topological polar surface area (TPSA) is 77.1 Å². The minimum atomic E-state index is -0.102. The first-order valence-electron chi connectivity index (χ1n) is 11.3. The van der Waals surface area contributed by atoms with E-state index >= 15 is 0 Å². The molecule has 1 aliphatic heterocycles. The summed E-state index contributed by atoms with van der Waals surface area (Å²) >= 11 is 0. The van der Waals surface area contributed by atoms with Crippen molar-refractivity contribution in [3.05, 3.63) is 60.2 Å². The van der Waals surface area contributed by atoms with Crippen LogP contribution < -0.4 is 4.90 Å². The van der Waals surface area contributed by atoms with Crippen molar-refractivity contribution in [2.24, 2.45) is 0 Å².